The number of hydrogen-bond acceptors (Lipinski definition) is 4. The summed E-state index contributed by atoms with van der Waals surface area (Å²) in [6.07, 6.45) is 1.05. The minimum absolute atomic E-state index is 0. The molecule has 0 bridgehead atoms. The van der Waals surface area contributed by atoms with Gasteiger partial charge in [0.05, 0.1) is 19.3 Å². The second-order valence-corrected chi connectivity index (χ2v) is 7.58. The average Bonchev–Trinajstić information content (AvgIpc) is 3.15. The summed E-state index contributed by atoms with van der Waals surface area (Å²) in [6, 6.07) is 14.0. The van der Waals surface area contributed by atoms with Gasteiger partial charge in [-0.3, -0.25) is 0 Å². The van der Waals surface area contributed by atoms with Gasteiger partial charge in [0.1, 0.15) is 0 Å². The molecule has 1 atom stereocenters. The zero-order valence-corrected chi connectivity index (χ0v) is 20.6. The molecular formula is C21H28BrIN4O2. The van der Waals surface area contributed by atoms with Crippen LogP contribution in [0.1, 0.15) is 18.9 Å². The highest BCUT2D eigenvalue weighted by molar-refractivity contribution is 14.0. The Balaban J connectivity index is 0.00000300. The molecule has 1 heterocycles. The molecular weight excluding hydrogens is 547 g/mol. The Labute approximate surface area is 197 Å². The van der Waals surface area contributed by atoms with E-state index in [0.717, 1.165) is 42.1 Å². The van der Waals surface area contributed by atoms with Crippen LogP contribution in [0.3, 0.4) is 0 Å². The third kappa shape index (κ3) is 6.40. The third-order valence-corrected chi connectivity index (χ3v) is 5.40. The number of nitrogens with zero attached hydrogens (tertiary/aromatic N) is 2. The van der Waals surface area contributed by atoms with Crippen LogP contribution < -0.4 is 20.3 Å². The van der Waals surface area contributed by atoms with Crippen LogP contribution in [-0.4, -0.2) is 43.9 Å². The molecule has 2 aromatic carbocycles. The molecule has 2 aromatic rings. The molecule has 1 aliphatic heterocycles. The predicted octanol–water partition coefficient (Wildman–Crippen LogP) is 4.12. The first-order valence-corrected chi connectivity index (χ1v) is 10.3. The predicted molar refractivity (Wildman–Crippen MR) is 133 cm³/mol. The van der Waals surface area contributed by atoms with Crippen molar-refractivity contribution in [3.05, 3.63) is 52.5 Å². The van der Waals surface area contributed by atoms with E-state index in [1.807, 2.05) is 12.1 Å². The molecule has 6 nitrogen and oxygen atoms in total. The number of rotatable bonds is 6. The summed E-state index contributed by atoms with van der Waals surface area (Å²) in [5.41, 5.74) is 2.15. The van der Waals surface area contributed by atoms with E-state index in [2.05, 4.69) is 61.6 Å². The number of guanidine groups is 1. The zero-order chi connectivity index (χ0) is 19.9. The first-order valence-electron chi connectivity index (χ1n) is 9.51. The number of halogens is 2. The van der Waals surface area contributed by atoms with Gasteiger partial charge in [0, 0.05) is 30.1 Å². The van der Waals surface area contributed by atoms with Crippen LogP contribution >= 0.6 is 39.9 Å². The van der Waals surface area contributed by atoms with Crippen molar-refractivity contribution in [2.45, 2.75) is 25.9 Å². The normalized spacial score (nSPS) is 16.3. The van der Waals surface area contributed by atoms with Gasteiger partial charge in [-0.25, -0.2) is 4.99 Å². The van der Waals surface area contributed by atoms with E-state index in [9.17, 15) is 5.11 Å². The standard InChI is InChI=1S/C21H27BrN4O2.HI/c1-3-23-21(24-13-15-8-9-20(28-2)19(27)12-15)25-16-10-11-26(14-16)18-7-5-4-6-17(18)22;/h4-9,12,16,27H,3,10-11,13-14H2,1-2H3,(H2,23,24,25);1H. The van der Waals surface area contributed by atoms with E-state index in [-0.39, 0.29) is 29.7 Å². The van der Waals surface area contributed by atoms with Crippen molar-refractivity contribution >= 4 is 51.6 Å². The molecule has 1 saturated heterocycles. The second-order valence-electron chi connectivity index (χ2n) is 6.73. The molecule has 1 aliphatic rings. The Hall–Kier alpha value is -1.68. The number of hydrogen-bond donors (Lipinski definition) is 3. The van der Waals surface area contributed by atoms with Crippen molar-refractivity contribution in [3.63, 3.8) is 0 Å². The maximum atomic E-state index is 9.94. The first kappa shape index (κ1) is 23.6. The maximum absolute atomic E-state index is 9.94. The summed E-state index contributed by atoms with van der Waals surface area (Å²) >= 11 is 3.64. The van der Waals surface area contributed by atoms with E-state index < -0.39 is 0 Å². The summed E-state index contributed by atoms with van der Waals surface area (Å²) in [4.78, 5) is 7.06. The van der Waals surface area contributed by atoms with Gasteiger partial charge in [-0.2, -0.15) is 0 Å². The Bertz CT molecular complexity index is 834. The van der Waals surface area contributed by atoms with Crippen molar-refractivity contribution in [3.8, 4) is 11.5 Å². The molecule has 3 rings (SSSR count). The van der Waals surface area contributed by atoms with Crippen LogP contribution in [0.5, 0.6) is 11.5 Å². The number of ether oxygens (including phenoxy) is 1. The Morgan fingerprint density at radius 3 is 2.79 bits per heavy atom. The van der Waals surface area contributed by atoms with Crippen molar-refractivity contribution in [1.82, 2.24) is 10.6 Å². The number of anilines is 1. The average molecular weight is 575 g/mol. The number of benzene rings is 2. The summed E-state index contributed by atoms with van der Waals surface area (Å²) in [5, 5.41) is 16.8. The monoisotopic (exact) mass is 574 g/mol. The lowest BCUT2D eigenvalue weighted by Gasteiger charge is -2.21. The molecule has 1 fully saturated rings. The van der Waals surface area contributed by atoms with Gasteiger partial charge in [0.15, 0.2) is 17.5 Å². The van der Waals surface area contributed by atoms with Crippen LogP contribution in [-0.2, 0) is 6.54 Å². The van der Waals surface area contributed by atoms with E-state index >= 15 is 0 Å². The Morgan fingerprint density at radius 2 is 2.10 bits per heavy atom. The van der Waals surface area contributed by atoms with E-state index in [0.29, 0.717) is 18.3 Å². The zero-order valence-electron chi connectivity index (χ0n) is 16.7. The van der Waals surface area contributed by atoms with Crippen LogP contribution in [0.15, 0.2) is 51.9 Å². The van der Waals surface area contributed by atoms with Crippen LogP contribution in [0.4, 0.5) is 5.69 Å². The van der Waals surface area contributed by atoms with E-state index in [1.54, 1.807) is 19.2 Å². The Morgan fingerprint density at radius 1 is 1.31 bits per heavy atom. The Kier molecular flexibility index (Phi) is 9.35. The molecule has 0 saturated carbocycles. The number of phenolic OH excluding ortho intramolecular Hbond substituents is 1. The molecule has 0 radical (unpaired) electrons. The van der Waals surface area contributed by atoms with Gasteiger partial charge in [0.2, 0.25) is 0 Å². The van der Waals surface area contributed by atoms with Crippen molar-refractivity contribution < 1.29 is 9.84 Å². The number of para-hydroxylation sites is 1. The molecule has 1 unspecified atom stereocenters. The topological polar surface area (TPSA) is 69.1 Å². The van der Waals surface area contributed by atoms with Gasteiger partial charge >= 0.3 is 0 Å². The first-order chi connectivity index (χ1) is 13.6. The van der Waals surface area contributed by atoms with E-state index in [4.69, 9.17) is 4.74 Å². The smallest absolute Gasteiger partial charge is 0.191 e. The highest BCUT2D eigenvalue weighted by Crippen LogP contribution is 2.29. The van der Waals surface area contributed by atoms with Crippen molar-refractivity contribution in [2.24, 2.45) is 4.99 Å². The van der Waals surface area contributed by atoms with Crippen LogP contribution in [0.25, 0.3) is 0 Å². The number of aromatic hydroxyl groups is 1. The fraction of sp³-hybridized carbons (Fsp3) is 0.381. The molecule has 0 aromatic heterocycles. The van der Waals surface area contributed by atoms with Gasteiger partial charge in [0.25, 0.3) is 0 Å². The number of phenols is 1. The summed E-state index contributed by atoms with van der Waals surface area (Å²) in [7, 11) is 1.54. The molecule has 3 N–H and O–H groups in total. The van der Waals surface area contributed by atoms with Crippen molar-refractivity contribution in [2.75, 3.05) is 31.6 Å². The second kappa shape index (κ2) is 11.5. The van der Waals surface area contributed by atoms with Crippen LogP contribution in [0, 0.1) is 0 Å². The summed E-state index contributed by atoms with van der Waals surface area (Å²) < 4.78 is 6.21. The third-order valence-electron chi connectivity index (χ3n) is 4.73. The van der Waals surface area contributed by atoms with Gasteiger partial charge in [-0.15, -0.1) is 24.0 Å². The lowest BCUT2D eigenvalue weighted by molar-refractivity contribution is 0.373. The largest absolute Gasteiger partial charge is 0.504 e. The lowest BCUT2D eigenvalue weighted by Crippen LogP contribution is -2.44. The van der Waals surface area contributed by atoms with E-state index in [1.165, 1.54) is 5.69 Å². The lowest BCUT2D eigenvalue weighted by atomic mass is 10.2. The van der Waals surface area contributed by atoms with Crippen molar-refractivity contribution in [1.29, 1.82) is 0 Å². The fourth-order valence-electron chi connectivity index (χ4n) is 3.32. The minimum Gasteiger partial charge on any atom is -0.504 e. The number of aliphatic imine (C=N–C) groups is 1. The van der Waals surface area contributed by atoms with Gasteiger partial charge in [-0.05, 0) is 59.1 Å². The molecule has 0 spiro atoms. The van der Waals surface area contributed by atoms with Gasteiger partial charge in [-0.1, -0.05) is 18.2 Å². The SMILES string of the molecule is CCNC(=NCc1ccc(OC)c(O)c1)NC1CCN(c2ccccc2Br)C1.I. The molecule has 29 heavy (non-hydrogen) atoms. The summed E-state index contributed by atoms with van der Waals surface area (Å²) in [5.74, 6) is 1.39. The molecule has 0 aliphatic carbocycles. The quantitative estimate of drug-likeness (QED) is 0.275. The maximum Gasteiger partial charge on any atom is 0.191 e. The summed E-state index contributed by atoms with van der Waals surface area (Å²) in [6.45, 7) is 5.26. The number of nitrogens with one attached hydrogen (secondary N) is 2. The molecule has 8 heteroatoms. The fourth-order valence-corrected chi connectivity index (χ4v) is 3.86. The highest BCUT2D eigenvalue weighted by Gasteiger charge is 2.24. The van der Waals surface area contributed by atoms with Gasteiger partial charge < -0.3 is 25.4 Å². The molecule has 158 valence electrons. The molecule has 0 amide bonds. The minimum atomic E-state index is 0. The highest BCUT2D eigenvalue weighted by atomic mass is 127. The number of methoxy groups -OCH3 is 1. The van der Waals surface area contributed by atoms with Crippen LogP contribution in [0.2, 0.25) is 0 Å².